The highest BCUT2D eigenvalue weighted by atomic mass is 16.7. The van der Waals surface area contributed by atoms with Crippen LogP contribution in [0.4, 0.5) is 0 Å². The summed E-state index contributed by atoms with van der Waals surface area (Å²) >= 11 is 0. The van der Waals surface area contributed by atoms with Gasteiger partial charge in [-0.3, -0.25) is 0 Å². The van der Waals surface area contributed by atoms with Gasteiger partial charge in [-0.15, -0.1) is 0 Å². The van der Waals surface area contributed by atoms with Crippen LogP contribution in [-0.4, -0.2) is 26.4 Å². The normalized spacial score (nSPS) is 13.0. The monoisotopic (exact) mass is 106 g/mol. The SMILES string of the molecule is OC=CC(O)(O)O. The molecule has 0 aromatic carbocycles. The predicted molar refractivity (Wildman–Crippen MR) is 21.2 cm³/mol. The minimum atomic E-state index is -2.88. The average Bonchev–Trinajstić information content (AvgIpc) is 1.30. The second kappa shape index (κ2) is 1.92. The largest absolute Gasteiger partial charge is 0.516 e. The van der Waals surface area contributed by atoms with E-state index in [1.54, 1.807) is 0 Å². The van der Waals surface area contributed by atoms with Crippen molar-refractivity contribution in [2.45, 2.75) is 5.97 Å². The van der Waals surface area contributed by atoms with Gasteiger partial charge in [0.05, 0.1) is 6.26 Å². The van der Waals surface area contributed by atoms with Gasteiger partial charge in [-0.1, -0.05) is 0 Å². The van der Waals surface area contributed by atoms with E-state index in [0.717, 1.165) is 0 Å². The van der Waals surface area contributed by atoms with Gasteiger partial charge in [0.2, 0.25) is 0 Å². The molecule has 0 amide bonds. The molecular weight excluding hydrogens is 100 g/mol. The van der Waals surface area contributed by atoms with E-state index in [1.165, 1.54) is 0 Å². The van der Waals surface area contributed by atoms with Crippen molar-refractivity contribution in [2.24, 2.45) is 0 Å². The average molecular weight is 106 g/mol. The van der Waals surface area contributed by atoms with E-state index in [9.17, 15) is 0 Å². The zero-order valence-corrected chi connectivity index (χ0v) is 3.44. The molecule has 0 aliphatic rings. The highest BCUT2D eigenvalue weighted by Crippen LogP contribution is 1.90. The summed E-state index contributed by atoms with van der Waals surface area (Å²) in [6.07, 6.45) is 0.743. The van der Waals surface area contributed by atoms with Gasteiger partial charge in [0, 0.05) is 6.08 Å². The molecule has 0 fully saturated rings. The Morgan fingerprint density at radius 2 is 1.57 bits per heavy atom. The summed E-state index contributed by atoms with van der Waals surface area (Å²) in [6, 6.07) is 0. The van der Waals surface area contributed by atoms with Crippen LogP contribution in [0.15, 0.2) is 12.3 Å². The van der Waals surface area contributed by atoms with Crippen molar-refractivity contribution >= 4 is 0 Å². The van der Waals surface area contributed by atoms with Crippen LogP contribution < -0.4 is 0 Å². The van der Waals surface area contributed by atoms with Crippen LogP contribution in [-0.2, 0) is 0 Å². The summed E-state index contributed by atoms with van der Waals surface area (Å²) in [4.78, 5) is 0. The lowest BCUT2D eigenvalue weighted by atomic mass is 10.5. The lowest BCUT2D eigenvalue weighted by Gasteiger charge is -2.04. The van der Waals surface area contributed by atoms with Gasteiger partial charge in [0.15, 0.2) is 0 Å². The first-order chi connectivity index (χ1) is 3.06. The van der Waals surface area contributed by atoms with Gasteiger partial charge in [-0.2, -0.15) is 0 Å². The number of hydrogen-bond acceptors (Lipinski definition) is 4. The molecule has 4 N–H and O–H groups in total. The molecule has 0 aromatic heterocycles. The zero-order chi connectivity index (χ0) is 5.91. The second-order valence-corrected chi connectivity index (χ2v) is 1.00. The van der Waals surface area contributed by atoms with Crippen LogP contribution >= 0.6 is 0 Å². The van der Waals surface area contributed by atoms with E-state index in [2.05, 4.69) is 0 Å². The predicted octanol–water partition coefficient (Wildman–Crippen LogP) is -1.31. The third-order valence-electron chi connectivity index (χ3n) is 0.298. The summed E-state index contributed by atoms with van der Waals surface area (Å²) in [5.74, 6) is -2.88. The molecule has 4 nitrogen and oxygen atoms in total. The van der Waals surface area contributed by atoms with Gasteiger partial charge in [0.25, 0.3) is 5.97 Å². The standard InChI is InChI=1S/C3H6O4/c4-2-1-3(5,6)7/h1-2,4-7H. The second-order valence-electron chi connectivity index (χ2n) is 1.00. The molecule has 0 rings (SSSR count). The van der Waals surface area contributed by atoms with E-state index in [1.807, 2.05) is 0 Å². The molecule has 7 heavy (non-hydrogen) atoms. The quantitative estimate of drug-likeness (QED) is 0.247. The Hall–Kier alpha value is -0.580. The number of aliphatic hydroxyl groups is 4. The van der Waals surface area contributed by atoms with Crippen LogP contribution in [0.25, 0.3) is 0 Å². The van der Waals surface area contributed by atoms with Gasteiger partial charge < -0.3 is 20.4 Å². The van der Waals surface area contributed by atoms with Crippen LogP contribution in [0.2, 0.25) is 0 Å². The topological polar surface area (TPSA) is 80.9 Å². The molecule has 0 heterocycles. The summed E-state index contributed by atoms with van der Waals surface area (Å²) in [6.45, 7) is 0. The van der Waals surface area contributed by atoms with E-state index < -0.39 is 5.97 Å². The summed E-state index contributed by atoms with van der Waals surface area (Å²) < 4.78 is 0. The van der Waals surface area contributed by atoms with E-state index in [-0.39, 0.29) is 0 Å². The molecular formula is C3H6O4. The zero-order valence-electron chi connectivity index (χ0n) is 3.44. The fourth-order valence-electron chi connectivity index (χ4n) is 0.100. The first-order valence-corrected chi connectivity index (χ1v) is 1.55. The molecule has 0 spiro atoms. The smallest absolute Gasteiger partial charge is 0.300 e. The van der Waals surface area contributed by atoms with E-state index in [4.69, 9.17) is 20.4 Å². The van der Waals surface area contributed by atoms with Crippen molar-refractivity contribution in [2.75, 3.05) is 0 Å². The van der Waals surface area contributed by atoms with Crippen LogP contribution in [0.3, 0.4) is 0 Å². The van der Waals surface area contributed by atoms with Crippen LogP contribution in [0, 0.1) is 0 Å². The molecule has 0 aliphatic heterocycles. The summed E-state index contributed by atoms with van der Waals surface area (Å²) in [5.41, 5.74) is 0. The maximum Gasteiger partial charge on any atom is 0.300 e. The van der Waals surface area contributed by atoms with Crippen molar-refractivity contribution < 1.29 is 20.4 Å². The Morgan fingerprint density at radius 1 is 1.14 bits per heavy atom. The maximum atomic E-state index is 7.88. The minimum absolute atomic E-state index is 0.333. The molecule has 4 heteroatoms. The molecule has 0 radical (unpaired) electrons. The van der Waals surface area contributed by atoms with Gasteiger partial charge in [-0.25, -0.2) is 0 Å². The van der Waals surface area contributed by atoms with Crippen molar-refractivity contribution in [3.63, 3.8) is 0 Å². The van der Waals surface area contributed by atoms with Crippen LogP contribution in [0.5, 0.6) is 0 Å². The Bertz CT molecular complexity index is 69.5. The van der Waals surface area contributed by atoms with Crippen molar-refractivity contribution in [1.29, 1.82) is 0 Å². The molecule has 0 aromatic rings. The Morgan fingerprint density at radius 3 is 1.57 bits per heavy atom. The lowest BCUT2D eigenvalue weighted by molar-refractivity contribution is -0.273. The number of hydrogen-bond donors (Lipinski definition) is 4. The van der Waals surface area contributed by atoms with E-state index >= 15 is 0 Å². The van der Waals surface area contributed by atoms with Crippen molar-refractivity contribution in [1.82, 2.24) is 0 Å². The van der Waals surface area contributed by atoms with Crippen molar-refractivity contribution in [3.8, 4) is 0 Å². The molecule has 0 bridgehead atoms. The first kappa shape index (κ1) is 6.42. The summed E-state index contributed by atoms with van der Waals surface area (Å²) in [7, 11) is 0. The summed E-state index contributed by atoms with van der Waals surface area (Å²) in [5, 5.41) is 31.4. The Labute approximate surface area is 40.0 Å². The lowest BCUT2D eigenvalue weighted by Crippen LogP contribution is -2.23. The molecule has 42 valence electrons. The fraction of sp³-hybridized carbons (Fsp3) is 0.333. The van der Waals surface area contributed by atoms with Gasteiger partial charge >= 0.3 is 0 Å². The van der Waals surface area contributed by atoms with Crippen LogP contribution in [0.1, 0.15) is 0 Å². The highest BCUT2D eigenvalue weighted by molar-refractivity contribution is 4.78. The van der Waals surface area contributed by atoms with Gasteiger partial charge in [-0.05, 0) is 0 Å². The van der Waals surface area contributed by atoms with Crippen molar-refractivity contribution in [3.05, 3.63) is 12.3 Å². The number of aliphatic hydroxyl groups excluding tert-OH is 1. The highest BCUT2D eigenvalue weighted by Gasteiger charge is 2.10. The Balaban J connectivity index is 3.56. The maximum absolute atomic E-state index is 7.88. The number of rotatable bonds is 1. The van der Waals surface area contributed by atoms with Gasteiger partial charge in [0.1, 0.15) is 0 Å². The fourth-order valence-corrected chi connectivity index (χ4v) is 0.100. The first-order valence-electron chi connectivity index (χ1n) is 1.55. The molecule has 0 saturated carbocycles. The molecule has 0 unspecified atom stereocenters. The molecule has 0 atom stereocenters. The third-order valence-corrected chi connectivity index (χ3v) is 0.298. The van der Waals surface area contributed by atoms with E-state index in [0.29, 0.717) is 12.3 Å². The third kappa shape index (κ3) is 5.42. The Kier molecular flexibility index (Phi) is 1.76. The molecule has 0 aliphatic carbocycles. The minimum Gasteiger partial charge on any atom is -0.516 e. The molecule has 0 saturated heterocycles.